The second-order valence-corrected chi connectivity index (χ2v) is 3.33. The standard InChI is InChI=1S/C11H9ClN2O/c12-6-11(15)14-7-10(13-8-14)9-4-2-1-3-5-9/h1-5,7-8H,6H2. The predicted octanol–water partition coefficient (Wildman–Crippen LogP) is 2.43. The Morgan fingerprint density at radius 3 is 2.73 bits per heavy atom. The van der Waals surface area contributed by atoms with E-state index in [1.807, 2.05) is 30.3 Å². The lowest BCUT2D eigenvalue weighted by atomic mass is 10.2. The first-order valence-electron chi connectivity index (χ1n) is 4.50. The van der Waals surface area contributed by atoms with Crippen LogP contribution in [0, 0.1) is 0 Å². The second-order valence-electron chi connectivity index (χ2n) is 3.06. The molecule has 1 heterocycles. The summed E-state index contributed by atoms with van der Waals surface area (Å²) in [7, 11) is 0. The van der Waals surface area contributed by atoms with Gasteiger partial charge in [-0.05, 0) is 0 Å². The Kier molecular flexibility index (Phi) is 2.83. The van der Waals surface area contributed by atoms with Gasteiger partial charge in [-0.15, -0.1) is 11.6 Å². The van der Waals surface area contributed by atoms with E-state index in [2.05, 4.69) is 4.98 Å². The smallest absolute Gasteiger partial charge is 0.246 e. The van der Waals surface area contributed by atoms with Gasteiger partial charge in [-0.1, -0.05) is 30.3 Å². The van der Waals surface area contributed by atoms with Crippen LogP contribution in [-0.2, 0) is 0 Å². The van der Waals surface area contributed by atoms with Crippen molar-refractivity contribution in [2.45, 2.75) is 0 Å². The van der Waals surface area contributed by atoms with Crippen molar-refractivity contribution in [3.8, 4) is 11.3 Å². The van der Waals surface area contributed by atoms with Crippen molar-refractivity contribution in [2.24, 2.45) is 0 Å². The molecule has 0 N–H and O–H groups in total. The molecule has 4 heteroatoms. The minimum Gasteiger partial charge on any atom is -0.275 e. The lowest BCUT2D eigenvalue weighted by molar-refractivity contribution is 0.0940. The van der Waals surface area contributed by atoms with Gasteiger partial charge in [0.2, 0.25) is 5.91 Å². The van der Waals surface area contributed by atoms with Crippen LogP contribution in [0.2, 0.25) is 0 Å². The third kappa shape index (κ3) is 2.07. The topological polar surface area (TPSA) is 34.9 Å². The molecule has 76 valence electrons. The molecule has 15 heavy (non-hydrogen) atoms. The van der Waals surface area contributed by atoms with E-state index in [-0.39, 0.29) is 11.8 Å². The van der Waals surface area contributed by atoms with Gasteiger partial charge in [0.25, 0.3) is 0 Å². The molecular formula is C11H9ClN2O. The summed E-state index contributed by atoms with van der Waals surface area (Å²) >= 11 is 5.44. The summed E-state index contributed by atoms with van der Waals surface area (Å²) in [6.45, 7) is 0. The number of carbonyl (C=O) groups excluding carboxylic acids is 1. The average Bonchev–Trinajstić information content (AvgIpc) is 2.78. The number of benzene rings is 1. The number of hydrogen-bond acceptors (Lipinski definition) is 2. The fourth-order valence-electron chi connectivity index (χ4n) is 1.29. The summed E-state index contributed by atoms with van der Waals surface area (Å²) in [5.41, 5.74) is 1.76. The Morgan fingerprint density at radius 2 is 2.07 bits per heavy atom. The van der Waals surface area contributed by atoms with E-state index in [4.69, 9.17) is 11.6 Å². The van der Waals surface area contributed by atoms with Gasteiger partial charge < -0.3 is 0 Å². The summed E-state index contributed by atoms with van der Waals surface area (Å²) < 4.78 is 1.40. The minimum atomic E-state index is -0.175. The maximum absolute atomic E-state index is 11.2. The zero-order chi connectivity index (χ0) is 10.7. The van der Waals surface area contributed by atoms with Crippen LogP contribution in [0.4, 0.5) is 0 Å². The molecule has 0 saturated carbocycles. The molecule has 0 bridgehead atoms. The number of nitrogens with zero attached hydrogens (tertiary/aromatic N) is 2. The minimum absolute atomic E-state index is 0.0371. The van der Waals surface area contributed by atoms with Crippen LogP contribution in [-0.4, -0.2) is 21.3 Å². The second kappa shape index (κ2) is 4.28. The first-order valence-corrected chi connectivity index (χ1v) is 5.03. The number of rotatable bonds is 2. The monoisotopic (exact) mass is 220 g/mol. The fourth-order valence-corrected chi connectivity index (χ4v) is 1.42. The van der Waals surface area contributed by atoms with E-state index < -0.39 is 0 Å². The molecule has 0 amide bonds. The number of imidazole rings is 1. The lowest BCUT2D eigenvalue weighted by Gasteiger charge is -1.95. The lowest BCUT2D eigenvalue weighted by Crippen LogP contribution is -2.08. The van der Waals surface area contributed by atoms with E-state index in [0.29, 0.717) is 0 Å². The molecule has 2 aromatic rings. The van der Waals surface area contributed by atoms with Gasteiger partial charge in [-0.25, -0.2) is 4.98 Å². The van der Waals surface area contributed by atoms with Crippen molar-refractivity contribution in [1.82, 2.24) is 9.55 Å². The van der Waals surface area contributed by atoms with Crippen molar-refractivity contribution in [1.29, 1.82) is 0 Å². The summed E-state index contributed by atoms with van der Waals surface area (Å²) in [6, 6.07) is 9.68. The molecule has 0 aliphatic rings. The molecule has 2 rings (SSSR count). The maximum Gasteiger partial charge on any atom is 0.246 e. The molecule has 0 spiro atoms. The Labute approximate surface area is 92.3 Å². The summed E-state index contributed by atoms with van der Waals surface area (Å²) in [5.74, 6) is -0.212. The molecule has 0 atom stereocenters. The zero-order valence-corrected chi connectivity index (χ0v) is 8.69. The molecule has 0 aliphatic heterocycles. The third-order valence-electron chi connectivity index (χ3n) is 2.05. The third-order valence-corrected chi connectivity index (χ3v) is 2.28. The van der Waals surface area contributed by atoms with Gasteiger partial charge in [-0.3, -0.25) is 9.36 Å². The molecule has 0 aliphatic carbocycles. The highest BCUT2D eigenvalue weighted by atomic mass is 35.5. The molecule has 0 radical (unpaired) electrons. The van der Waals surface area contributed by atoms with Crippen LogP contribution in [0.25, 0.3) is 11.3 Å². The van der Waals surface area contributed by atoms with Crippen LogP contribution in [0.1, 0.15) is 4.79 Å². The van der Waals surface area contributed by atoms with Crippen molar-refractivity contribution in [3.05, 3.63) is 42.9 Å². The summed E-state index contributed by atoms with van der Waals surface area (Å²) in [6.07, 6.45) is 3.16. The molecule has 1 aromatic carbocycles. The van der Waals surface area contributed by atoms with Gasteiger partial charge in [0, 0.05) is 11.8 Å². The van der Waals surface area contributed by atoms with Gasteiger partial charge in [-0.2, -0.15) is 0 Å². The van der Waals surface area contributed by atoms with Crippen LogP contribution < -0.4 is 0 Å². The number of hydrogen-bond donors (Lipinski definition) is 0. The van der Waals surface area contributed by atoms with Crippen molar-refractivity contribution in [2.75, 3.05) is 5.88 Å². The highest BCUT2D eigenvalue weighted by Crippen LogP contribution is 2.15. The molecule has 1 aromatic heterocycles. The van der Waals surface area contributed by atoms with Gasteiger partial charge in [0.15, 0.2) is 0 Å². The zero-order valence-electron chi connectivity index (χ0n) is 7.93. The number of carbonyl (C=O) groups is 1. The summed E-state index contributed by atoms with van der Waals surface area (Å²) in [4.78, 5) is 15.4. The van der Waals surface area contributed by atoms with Crippen LogP contribution in [0.5, 0.6) is 0 Å². The number of aromatic nitrogens is 2. The summed E-state index contributed by atoms with van der Waals surface area (Å²) in [5, 5.41) is 0. The Balaban J connectivity index is 2.32. The highest BCUT2D eigenvalue weighted by Gasteiger charge is 2.05. The fraction of sp³-hybridized carbons (Fsp3) is 0.0909. The average molecular weight is 221 g/mol. The Bertz CT molecular complexity index is 464. The SMILES string of the molecule is O=C(CCl)n1cnc(-c2ccccc2)c1. The van der Waals surface area contributed by atoms with Crippen molar-refractivity contribution >= 4 is 17.5 Å². The quantitative estimate of drug-likeness (QED) is 0.729. The van der Waals surface area contributed by atoms with E-state index in [9.17, 15) is 4.79 Å². The van der Waals surface area contributed by atoms with Crippen LogP contribution in [0.15, 0.2) is 42.9 Å². The van der Waals surface area contributed by atoms with Gasteiger partial charge >= 0.3 is 0 Å². The Hall–Kier alpha value is -1.61. The molecule has 0 unspecified atom stereocenters. The Morgan fingerprint density at radius 1 is 1.33 bits per heavy atom. The van der Waals surface area contributed by atoms with E-state index in [0.717, 1.165) is 11.3 Å². The maximum atomic E-state index is 11.2. The molecule has 0 saturated heterocycles. The van der Waals surface area contributed by atoms with E-state index >= 15 is 0 Å². The largest absolute Gasteiger partial charge is 0.275 e. The highest BCUT2D eigenvalue weighted by molar-refractivity contribution is 6.27. The molecule has 0 fully saturated rings. The van der Waals surface area contributed by atoms with Crippen LogP contribution in [0.3, 0.4) is 0 Å². The van der Waals surface area contributed by atoms with Crippen molar-refractivity contribution < 1.29 is 4.79 Å². The number of alkyl halides is 1. The number of halogens is 1. The van der Waals surface area contributed by atoms with E-state index in [1.165, 1.54) is 10.9 Å². The van der Waals surface area contributed by atoms with E-state index in [1.54, 1.807) is 6.20 Å². The van der Waals surface area contributed by atoms with Gasteiger partial charge in [0.1, 0.15) is 12.2 Å². The van der Waals surface area contributed by atoms with Crippen LogP contribution >= 0.6 is 11.6 Å². The normalized spacial score (nSPS) is 10.2. The predicted molar refractivity (Wildman–Crippen MR) is 59.0 cm³/mol. The molecular weight excluding hydrogens is 212 g/mol. The first-order chi connectivity index (χ1) is 7.31. The van der Waals surface area contributed by atoms with Crippen molar-refractivity contribution in [3.63, 3.8) is 0 Å². The molecule has 3 nitrogen and oxygen atoms in total. The van der Waals surface area contributed by atoms with Gasteiger partial charge in [0.05, 0.1) is 5.69 Å². The first kappa shape index (κ1) is 9.93.